The van der Waals surface area contributed by atoms with E-state index in [0.29, 0.717) is 28.9 Å². The molecule has 0 aromatic heterocycles. The van der Waals surface area contributed by atoms with Crippen LogP contribution in [0.25, 0.3) is 0 Å². The zero-order valence-corrected chi connectivity index (χ0v) is 12.3. The second kappa shape index (κ2) is 6.74. The molecule has 0 saturated carbocycles. The zero-order chi connectivity index (χ0) is 14.5. The van der Waals surface area contributed by atoms with Crippen LogP contribution in [0.1, 0.15) is 31.7 Å². The van der Waals surface area contributed by atoms with Crippen LogP contribution in [0.5, 0.6) is 0 Å². The van der Waals surface area contributed by atoms with Crippen molar-refractivity contribution in [2.75, 3.05) is 18.4 Å². The summed E-state index contributed by atoms with van der Waals surface area (Å²) in [5.74, 6) is -0.0995. The number of carbonyl (C=O) groups is 1. The van der Waals surface area contributed by atoms with Gasteiger partial charge in [0.25, 0.3) is 0 Å². The Labute approximate surface area is 124 Å². The number of nitrogens with one attached hydrogen (secondary N) is 1. The molecule has 4 nitrogen and oxygen atoms in total. The van der Waals surface area contributed by atoms with E-state index in [9.17, 15) is 4.79 Å². The molecule has 2 rings (SSSR count). The van der Waals surface area contributed by atoms with Gasteiger partial charge < -0.3 is 5.32 Å². The van der Waals surface area contributed by atoms with E-state index in [0.717, 1.165) is 19.4 Å². The van der Waals surface area contributed by atoms with Crippen molar-refractivity contribution in [3.05, 3.63) is 28.8 Å². The van der Waals surface area contributed by atoms with Crippen LogP contribution in [0, 0.1) is 11.3 Å². The summed E-state index contributed by atoms with van der Waals surface area (Å²) in [7, 11) is 0. The molecule has 1 fully saturated rings. The van der Waals surface area contributed by atoms with Crippen molar-refractivity contribution >= 4 is 23.2 Å². The third-order valence-corrected chi connectivity index (χ3v) is 3.90. The summed E-state index contributed by atoms with van der Waals surface area (Å²) in [6.45, 7) is 3.46. The Morgan fingerprint density at radius 1 is 1.55 bits per heavy atom. The van der Waals surface area contributed by atoms with Gasteiger partial charge in [-0.3, -0.25) is 9.69 Å². The van der Waals surface area contributed by atoms with Crippen LogP contribution >= 0.6 is 11.6 Å². The number of hydrogen-bond acceptors (Lipinski definition) is 3. The summed E-state index contributed by atoms with van der Waals surface area (Å²) in [6, 6.07) is 7.35. The maximum Gasteiger partial charge on any atom is 0.238 e. The molecule has 1 heterocycles. The van der Waals surface area contributed by atoms with Gasteiger partial charge in [0.1, 0.15) is 6.07 Å². The summed E-state index contributed by atoms with van der Waals surface area (Å²) in [6.07, 6.45) is 3.50. The summed E-state index contributed by atoms with van der Waals surface area (Å²) < 4.78 is 0. The summed E-state index contributed by atoms with van der Waals surface area (Å²) in [5, 5.41) is 12.3. The third-order valence-electron chi connectivity index (χ3n) is 3.66. The largest absolute Gasteiger partial charge is 0.324 e. The molecule has 0 radical (unpaired) electrons. The molecule has 0 spiro atoms. The van der Waals surface area contributed by atoms with Crippen LogP contribution in [0.3, 0.4) is 0 Å². The van der Waals surface area contributed by atoms with E-state index < -0.39 is 0 Å². The van der Waals surface area contributed by atoms with E-state index in [-0.39, 0.29) is 5.91 Å². The summed E-state index contributed by atoms with van der Waals surface area (Å²) in [4.78, 5) is 14.3. The van der Waals surface area contributed by atoms with Crippen LogP contribution in [-0.4, -0.2) is 29.9 Å². The maximum atomic E-state index is 12.1. The normalized spacial score (nSPS) is 19.4. The van der Waals surface area contributed by atoms with Gasteiger partial charge in [-0.1, -0.05) is 18.0 Å². The van der Waals surface area contributed by atoms with Crippen molar-refractivity contribution in [1.29, 1.82) is 5.26 Å². The van der Waals surface area contributed by atoms with Crippen LogP contribution in [0.2, 0.25) is 5.02 Å². The second-order valence-electron chi connectivity index (χ2n) is 5.17. The van der Waals surface area contributed by atoms with Gasteiger partial charge in [-0.25, -0.2) is 0 Å². The van der Waals surface area contributed by atoms with Gasteiger partial charge in [0.2, 0.25) is 5.91 Å². The van der Waals surface area contributed by atoms with E-state index in [1.807, 2.05) is 0 Å². The molecular formula is C15H18ClN3O. The number of likely N-dealkylation sites (tertiary alicyclic amines) is 1. The van der Waals surface area contributed by atoms with Gasteiger partial charge in [0.15, 0.2) is 0 Å². The molecule has 0 aliphatic carbocycles. The minimum Gasteiger partial charge on any atom is -0.324 e. The number of nitrogens with zero attached hydrogens (tertiary/aromatic N) is 2. The monoisotopic (exact) mass is 291 g/mol. The Morgan fingerprint density at radius 3 is 3.05 bits per heavy atom. The van der Waals surface area contributed by atoms with Gasteiger partial charge in [0, 0.05) is 11.1 Å². The molecule has 1 N–H and O–H groups in total. The Kier molecular flexibility index (Phi) is 4.99. The second-order valence-corrected chi connectivity index (χ2v) is 5.60. The fourth-order valence-corrected chi connectivity index (χ4v) is 2.66. The van der Waals surface area contributed by atoms with Crippen molar-refractivity contribution in [3.63, 3.8) is 0 Å². The number of benzene rings is 1. The highest BCUT2D eigenvalue weighted by Gasteiger charge is 2.20. The van der Waals surface area contributed by atoms with E-state index in [2.05, 4.69) is 23.2 Å². The first-order chi connectivity index (χ1) is 9.60. The summed E-state index contributed by atoms with van der Waals surface area (Å²) in [5.41, 5.74) is 0.907. The molecular weight excluding hydrogens is 274 g/mol. The van der Waals surface area contributed by atoms with Crippen LogP contribution in [-0.2, 0) is 4.79 Å². The fraction of sp³-hybridized carbons (Fsp3) is 0.467. The average molecular weight is 292 g/mol. The van der Waals surface area contributed by atoms with Crippen LogP contribution in [0.15, 0.2) is 18.2 Å². The van der Waals surface area contributed by atoms with Crippen LogP contribution < -0.4 is 5.32 Å². The first-order valence-electron chi connectivity index (χ1n) is 6.83. The molecule has 1 unspecified atom stereocenters. The predicted molar refractivity (Wildman–Crippen MR) is 79.7 cm³/mol. The Balaban J connectivity index is 2.01. The summed E-state index contributed by atoms with van der Waals surface area (Å²) >= 11 is 5.90. The molecule has 1 aliphatic heterocycles. The van der Waals surface area contributed by atoms with E-state index in [4.69, 9.17) is 16.9 Å². The highest BCUT2D eigenvalue weighted by Crippen LogP contribution is 2.21. The third kappa shape index (κ3) is 3.72. The minimum atomic E-state index is -0.0995. The van der Waals surface area contributed by atoms with Crippen molar-refractivity contribution in [1.82, 2.24) is 4.90 Å². The van der Waals surface area contributed by atoms with Crippen molar-refractivity contribution in [2.24, 2.45) is 0 Å². The highest BCUT2D eigenvalue weighted by molar-refractivity contribution is 6.31. The predicted octanol–water partition coefficient (Wildman–Crippen LogP) is 3.02. The SMILES string of the molecule is CC1CCCCN1CC(=O)Nc1cc(Cl)ccc1C#N. The number of hydrogen-bond donors (Lipinski definition) is 1. The molecule has 106 valence electrons. The van der Waals surface area contributed by atoms with Crippen molar-refractivity contribution in [3.8, 4) is 6.07 Å². The van der Waals surface area contributed by atoms with Gasteiger partial charge in [0.05, 0.1) is 17.8 Å². The van der Waals surface area contributed by atoms with E-state index in [1.54, 1.807) is 18.2 Å². The molecule has 20 heavy (non-hydrogen) atoms. The van der Waals surface area contributed by atoms with Gasteiger partial charge in [-0.15, -0.1) is 0 Å². The smallest absolute Gasteiger partial charge is 0.238 e. The number of rotatable bonds is 3. The van der Waals surface area contributed by atoms with E-state index in [1.165, 1.54) is 6.42 Å². The Hall–Kier alpha value is -1.57. The van der Waals surface area contributed by atoms with Gasteiger partial charge in [-0.05, 0) is 44.5 Å². The number of piperidine rings is 1. The maximum absolute atomic E-state index is 12.1. The van der Waals surface area contributed by atoms with Crippen molar-refractivity contribution in [2.45, 2.75) is 32.2 Å². The van der Waals surface area contributed by atoms with Gasteiger partial charge >= 0.3 is 0 Å². The van der Waals surface area contributed by atoms with E-state index >= 15 is 0 Å². The van der Waals surface area contributed by atoms with Gasteiger partial charge in [-0.2, -0.15) is 5.26 Å². The standard InChI is InChI=1S/C15H18ClN3O/c1-11-4-2-3-7-19(11)10-15(20)18-14-8-13(16)6-5-12(14)9-17/h5-6,8,11H,2-4,7,10H2,1H3,(H,18,20). The molecule has 1 aromatic rings. The lowest BCUT2D eigenvalue weighted by Crippen LogP contribution is -2.42. The number of carbonyl (C=O) groups excluding carboxylic acids is 1. The number of halogens is 1. The molecule has 1 aliphatic rings. The number of anilines is 1. The molecule has 1 amide bonds. The average Bonchev–Trinajstić information content (AvgIpc) is 2.41. The molecule has 1 aromatic carbocycles. The Morgan fingerprint density at radius 2 is 2.35 bits per heavy atom. The first-order valence-corrected chi connectivity index (χ1v) is 7.21. The minimum absolute atomic E-state index is 0.0995. The zero-order valence-electron chi connectivity index (χ0n) is 11.5. The first kappa shape index (κ1) is 14.8. The molecule has 0 bridgehead atoms. The molecule has 5 heteroatoms. The lowest BCUT2D eigenvalue weighted by atomic mass is 10.0. The molecule has 1 atom stereocenters. The molecule has 1 saturated heterocycles. The lowest BCUT2D eigenvalue weighted by Gasteiger charge is -2.32. The fourth-order valence-electron chi connectivity index (χ4n) is 2.48. The lowest BCUT2D eigenvalue weighted by molar-refractivity contribution is -0.118. The Bertz CT molecular complexity index is 538. The topological polar surface area (TPSA) is 56.1 Å². The number of amides is 1. The quantitative estimate of drug-likeness (QED) is 0.931. The highest BCUT2D eigenvalue weighted by atomic mass is 35.5. The number of nitriles is 1. The van der Waals surface area contributed by atoms with Crippen molar-refractivity contribution < 1.29 is 4.79 Å². The van der Waals surface area contributed by atoms with Crippen LogP contribution in [0.4, 0.5) is 5.69 Å².